The van der Waals surface area contributed by atoms with Gasteiger partial charge >= 0.3 is 12.0 Å². The highest BCUT2D eigenvalue weighted by atomic mass is 16.5. The maximum atomic E-state index is 12.4. The summed E-state index contributed by atoms with van der Waals surface area (Å²) < 4.78 is 5.82. The predicted octanol–water partition coefficient (Wildman–Crippen LogP) is 2.14. The average Bonchev–Trinajstić information content (AvgIpc) is 2.55. The Morgan fingerprint density at radius 3 is 2.65 bits per heavy atom. The van der Waals surface area contributed by atoms with E-state index in [-0.39, 0.29) is 36.8 Å². The van der Waals surface area contributed by atoms with Crippen molar-refractivity contribution in [2.75, 3.05) is 13.1 Å². The van der Waals surface area contributed by atoms with Crippen LogP contribution in [0.3, 0.4) is 0 Å². The summed E-state index contributed by atoms with van der Waals surface area (Å²) in [6.07, 6.45) is 2.36. The van der Waals surface area contributed by atoms with Gasteiger partial charge < -0.3 is 20.5 Å². The van der Waals surface area contributed by atoms with Crippen molar-refractivity contribution in [1.82, 2.24) is 15.5 Å². The number of para-hydroxylation sites is 1. The molecule has 2 atom stereocenters. The fourth-order valence-electron chi connectivity index (χ4n) is 3.80. The number of hydrogen-bond donors (Lipinski definition) is 3. The van der Waals surface area contributed by atoms with Crippen LogP contribution in [-0.4, -0.2) is 53.3 Å². The Morgan fingerprint density at radius 2 is 1.96 bits per heavy atom. The Kier molecular flexibility index (Phi) is 5.66. The van der Waals surface area contributed by atoms with Crippen molar-refractivity contribution in [2.45, 2.75) is 57.3 Å². The number of hydrogen-bond acceptors (Lipinski definition) is 4. The van der Waals surface area contributed by atoms with Gasteiger partial charge in [-0.05, 0) is 32.4 Å². The Labute approximate surface area is 153 Å². The molecule has 7 heteroatoms. The first-order chi connectivity index (χ1) is 12.5. The largest absolute Gasteiger partial charge is 0.490 e. The summed E-state index contributed by atoms with van der Waals surface area (Å²) in [6, 6.07) is 7.86. The number of carboxylic acids is 1. The van der Waals surface area contributed by atoms with Crippen LogP contribution in [0.5, 0.6) is 5.75 Å². The van der Waals surface area contributed by atoms with Gasteiger partial charge in [0.15, 0.2) is 0 Å². The van der Waals surface area contributed by atoms with Gasteiger partial charge in [0.25, 0.3) is 0 Å². The Morgan fingerprint density at radius 1 is 1.23 bits per heavy atom. The number of benzene rings is 1. The summed E-state index contributed by atoms with van der Waals surface area (Å²) in [5.41, 5.74) is 1.01. The molecule has 2 aliphatic rings. The molecule has 1 aliphatic carbocycles. The zero-order chi connectivity index (χ0) is 18.7. The molecule has 0 bridgehead atoms. The van der Waals surface area contributed by atoms with E-state index >= 15 is 0 Å². The molecule has 1 heterocycles. The molecule has 0 spiro atoms. The van der Waals surface area contributed by atoms with Gasteiger partial charge in [-0.25, -0.2) is 4.79 Å². The molecule has 0 radical (unpaired) electrons. The van der Waals surface area contributed by atoms with Gasteiger partial charge in [-0.3, -0.25) is 9.69 Å². The summed E-state index contributed by atoms with van der Waals surface area (Å²) in [6.45, 7) is 4.71. The number of amides is 2. The number of carbonyl (C=O) groups is 2. The second-order valence-corrected chi connectivity index (χ2v) is 7.15. The van der Waals surface area contributed by atoms with E-state index in [2.05, 4.69) is 10.6 Å². The number of nitrogens with one attached hydrogen (secondary N) is 2. The minimum Gasteiger partial charge on any atom is -0.490 e. The van der Waals surface area contributed by atoms with Crippen LogP contribution >= 0.6 is 0 Å². The molecule has 1 aromatic carbocycles. The maximum absolute atomic E-state index is 12.4. The van der Waals surface area contributed by atoms with Gasteiger partial charge in [-0.2, -0.15) is 0 Å². The van der Waals surface area contributed by atoms with Gasteiger partial charge in [-0.15, -0.1) is 0 Å². The Bertz CT molecular complexity index is 660. The molecule has 26 heavy (non-hydrogen) atoms. The topological polar surface area (TPSA) is 90.9 Å². The lowest BCUT2D eigenvalue weighted by Gasteiger charge is -2.42. The van der Waals surface area contributed by atoms with Crippen LogP contribution in [-0.2, 0) is 4.79 Å². The van der Waals surface area contributed by atoms with Crippen LogP contribution in [0.4, 0.5) is 4.79 Å². The van der Waals surface area contributed by atoms with E-state index in [4.69, 9.17) is 9.84 Å². The number of ether oxygens (including phenoxy) is 1. The molecule has 1 aliphatic heterocycles. The number of rotatable bonds is 6. The molecule has 3 rings (SSSR count). The molecule has 0 aromatic heterocycles. The number of carbonyl (C=O) groups excluding carboxylic acids is 1. The van der Waals surface area contributed by atoms with Crippen LogP contribution in [0.25, 0.3) is 0 Å². The molecule has 0 saturated heterocycles. The van der Waals surface area contributed by atoms with Crippen LogP contribution in [0, 0.1) is 0 Å². The average molecular weight is 361 g/mol. The normalized spacial score (nSPS) is 27.0. The first-order valence-electron chi connectivity index (χ1n) is 9.24. The van der Waals surface area contributed by atoms with E-state index in [1.54, 1.807) is 0 Å². The van der Waals surface area contributed by atoms with Crippen molar-refractivity contribution in [3.8, 4) is 5.75 Å². The van der Waals surface area contributed by atoms with Gasteiger partial charge in [0, 0.05) is 24.1 Å². The zero-order valence-electron chi connectivity index (χ0n) is 15.3. The van der Waals surface area contributed by atoms with Crippen LogP contribution in [0.15, 0.2) is 24.3 Å². The minimum atomic E-state index is -0.812. The first kappa shape index (κ1) is 18.5. The van der Waals surface area contributed by atoms with Crippen molar-refractivity contribution in [3.63, 3.8) is 0 Å². The number of carboxylic acid groups (broad SMARTS) is 1. The van der Waals surface area contributed by atoms with E-state index < -0.39 is 5.97 Å². The lowest BCUT2D eigenvalue weighted by molar-refractivity contribution is -0.139. The van der Waals surface area contributed by atoms with E-state index in [0.717, 1.165) is 30.6 Å². The van der Waals surface area contributed by atoms with Crippen LogP contribution in [0.2, 0.25) is 0 Å². The standard InChI is InChI=1S/C19H27N3O4/c1-3-22(11-18(23)24)14-9-13(10-14)20-19(25)21-16-8-12(2)26-17-7-5-4-6-15(16)17/h4-7,12-14,16H,3,8-11H2,1-2H3,(H,23,24)(H2,20,21,25)/t12-,13?,14?,16-/m1/s1. The Balaban J connectivity index is 1.49. The molecule has 3 N–H and O–H groups in total. The van der Waals surface area contributed by atoms with E-state index in [9.17, 15) is 9.59 Å². The van der Waals surface area contributed by atoms with Gasteiger partial charge in [0.1, 0.15) is 5.75 Å². The highest BCUT2D eigenvalue weighted by molar-refractivity contribution is 5.75. The highest BCUT2D eigenvalue weighted by Gasteiger charge is 2.35. The zero-order valence-corrected chi connectivity index (χ0v) is 15.3. The fourth-order valence-corrected chi connectivity index (χ4v) is 3.80. The fraction of sp³-hybridized carbons (Fsp3) is 0.579. The van der Waals surface area contributed by atoms with Gasteiger partial charge in [0.05, 0.1) is 18.7 Å². The maximum Gasteiger partial charge on any atom is 0.317 e. The van der Waals surface area contributed by atoms with Crippen molar-refractivity contribution in [1.29, 1.82) is 0 Å². The second-order valence-electron chi connectivity index (χ2n) is 7.15. The van der Waals surface area contributed by atoms with Crippen LogP contribution in [0.1, 0.15) is 44.7 Å². The molecule has 2 amide bonds. The lowest BCUT2D eigenvalue weighted by Crippen LogP contribution is -2.56. The van der Waals surface area contributed by atoms with Crippen molar-refractivity contribution < 1.29 is 19.4 Å². The third kappa shape index (κ3) is 4.27. The van der Waals surface area contributed by atoms with Crippen molar-refractivity contribution >= 4 is 12.0 Å². The molecular formula is C19H27N3O4. The number of likely N-dealkylation sites (N-methyl/N-ethyl adjacent to an activating group) is 1. The summed E-state index contributed by atoms with van der Waals surface area (Å²) in [5, 5.41) is 15.0. The monoisotopic (exact) mass is 361 g/mol. The second kappa shape index (κ2) is 7.95. The Hall–Kier alpha value is -2.28. The third-order valence-corrected chi connectivity index (χ3v) is 5.20. The molecule has 0 unspecified atom stereocenters. The van der Waals surface area contributed by atoms with Gasteiger partial charge in [-0.1, -0.05) is 25.1 Å². The van der Waals surface area contributed by atoms with E-state index in [0.29, 0.717) is 6.54 Å². The van der Waals surface area contributed by atoms with Crippen LogP contribution < -0.4 is 15.4 Å². The van der Waals surface area contributed by atoms with Crippen molar-refractivity contribution in [3.05, 3.63) is 29.8 Å². The SMILES string of the molecule is CCN(CC(=O)O)C1CC(NC(=O)N[C@@H]2C[C@@H](C)Oc3ccccc32)C1. The summed E-state index contributed by atoms with van der Waals surface area (Å²) in [4.78, 5) is 25.2. The number of urea groups is 1. The van der Waals surface area contributed by atoms with Gasteiger partial charge in [0.2, 0.25) is 0 Å². The smallest absolute Gasteiger partial charge is 0.317 e. The minimum absolute atomic E-state index is 0.0524. The number of fused-ring (bicyclic) bond motifs is 1. The summed E-state index contributed by atoms with van der Waals surface area (Å²) in [7, 11) is 0. The molecular weight excluding hydrogens is 334 g/mol. The quantitative estimate of drug-likeness (QED) is 0.722. The molecule has 1 saturated carbocycles. The molecule has 1 aromatic rings. The van der Waals surface area contributed by atoms with E-state index in [1.807, 2.05) is 43.0 Å². The first-order valence-corrected chi connectivity index (χ1v) is 9.24. The summed E-state index contributed by atoms with van der Waals surface area (Å²) >= 11 is 0. The number of aliphatic carboxylic acids is 1. The summed E-state index contributed by atoms with van der Waals surface area (Å²) in [5.74, 6) is 0.0146. The lowest BCUT2D eigenvalue weighted by atomic mass is 9.85. The third-order valence-electron chi connectivity index (χ3n) is 5.20. The molecule has 7 nitrogen and oxygen atoms in total. The van der Waals surface area contributed by atoms with E-state index in [1.165, 1.54) is 0 Å². The predicted molar refractivity (Wildman–Crippen MR) is 97.3 cm³/mol. The van der Waals surface area contributed by atoms with Crippen molar-refractivity contribution in [2.24, 2.45) is 0 Å². The molecule has 1 fully saturated rings. The molecule has 142 valence electrons. The highest BCUT2D eigenvalue weighted by Crippen LogP contribution is 2.34. The number of nitrogens with zero attached hydrogens (tertiary/aromatic N) is 1.